The molecular weight excluding hydrogens is 677 g/mol. The van der Waals surface area contributed by atoms with E-state index < -0.39 is 10.0 Å². The number of aliphatic hydroxyl groups is 2. The predicted octanol–water partition coefficient (Wildman–Crippen LogP) is 5.22. The number of Topliss-reactive ketones (excluding diaryl/α,β-unsaturated/α-hetero) is 1. The highest BCUT2D eigenvalue weighted by molar-refractivity contribution is 7.90. The number of benzene rings is 3. The normalized spacial score (nSPS) is 14.5. The Morgan fingerprint density at radius 3 is 2.33 bits per heavy atom. The van der Waals surface area contributed by atoms with Crippen molar-refractivity contribution in [2.75, 3.05) is 50.8 Å². The molecule has 1 unspecified atom stereocenters. The number of rotatable bonds is 18. The summed E-state index contributed by atoms with van der Waals surface area (Å²) in [6.07, 6.45) is 6.58. The molecule has 3 heterocycles. The zero-order valence-electron chi connectivity index (χ0n) is 29.9. The van der Waals surface area contributed by atoms with Crippen LogP contribution in [0.4, 0.5) is 5.69 Å². The van der Waals surface area contributed by atoms with Gasteiger partial charge in [-0.3, -0.25) is 4.79 Å². The highest BCUT2D eigenvalue weighted by Crippen LogP contribution is 2.30. The third-order valence-electron chi connectivity index (χ3n) is 9.82. The maximum absolute atomic E-state index is 13.4. The Morgan fingerprint density at radius 2 is 1.63 bits per heavy atom. The molecule has 11 nitrogen and oxygen atoms in total. The molecule has 5 aromatic rings. The van der Waals surface area contributed by atoms with Crippen LogP contribution < -0.4 is 10.2 Å². The molecule has 1 atom stereocenters. The van der Waals surface area contributed by atoms with E-state index in [1.54, 1.807) is 55.6 Å². The average Bonchev–Trinajstić information content (AvgIpc) is 3.79. The molecule has 52 heavy (non-hydrogen) atoms. The number of ketones is 1. The molecule has 0 aliphatic carbocycles. The van der Waals surface area contributed by atoms with Gasteiger partial charge in [-0.05, 0) is 112 Å². The minimum atomic E-state index is -3.78. The highest BCUT2D eigenvalue weighted by atomic mass is 32.2. The van der Waals surface area contributed by atoms with E-state index in [4.69, 9.17) is 4.98 Å². The van der Waals surface area contributed by atoms with Crippen molar-refractivity contribution in [2.24, 2.45) is 0 Å². The number of fused-ring (bicyclic) bond motifs is 1. The average molecular weight is 727 g/mol. The van der Waals surface area contributed by atoms with Gasteiger partial charge in [0.25, 0.3) is 10.0 Å². The first-order valence-corrected chi connectivity index (χ1v) is 19.7. The largest absolute Gasteiger partial charge is 0.395 e. The number of anilines is 1. The summed E-state index contributed by atoms with van der Waals surface area (Å²) in [4.78, 5) is 22.4. The number of imidazole rings is 1. The van der Waals surface area contributed by atoms with Gasteiger partial charge in [-0.15, -0.1) is 0 Å². The molecule has 1 aliphatic rings. The number of piperidine rings is 1. The van der Waals surface area contributed by atoms with Crippen LogP contribution in [0.1, 0.15) is 56.3 Å². The van der Waals surface area contributed by atoms with Gasteiger partial charge in [-0.2, -0.15) is 0 Å². The standard InChI is InChI=1S/C40H50N6O5S/c1-31(49)28-37(41-30-35-10-8-23-46(35)52(50,51)36-11-4-2-5-12-36)33-15-18-39-38(29-33)42-40(45(39)22-9-21-43-19-6-3-7-20-43)32-13-16-34(17-14-32)44(24-26-47)25-27-48/h2,4-5,8,10-18,23,29,37,41,47-48H,3,6-7,9,19-22,24-28,30H2,1H3. The SMILES string of the molecule is CC(=O)CC(NCc1cccn1S(=O)(=O)c1ccccc1)c1ccc2c(c1)nc(-c1ccc(N(CCO)CCO)cc1)n2CCCN1CCCCC1. The van der Waals surface area contributed by atoms with Crippen LogP contribution in [-0.2, 0) is 27.9 Å². The number of nitrogens with one attached hydrogen (secondary N) is 1. The molecule has 2 aromatic heterocycles. The van der Waals surface area contributed by atoms with E-state index in [-0.39, 0.29) is 42.9 Å². The van der Waals surface area contributed by atoms with E-state index in [1.165, 1.54) is 23.2 Å². The molecule has 1 aliphatic heterocycles. The summed E-state index contributed by atoms with van der Waals surface area (Å²) in [6, 6.07) is 25.7. The summed E-state index contributed by atoms with van der Waals surface area (Å²) < 4.78 is 30.4. The van der Waals surface area contributed by atoms with Gasteiger partial charge in [0.2, 0.25) is 0 Å². The van der Waals surface area contributed by atoms with Crippen LogP contribution in [0.15, 0.2) is 96.0 Å². The second-order valence-corrected chi connectivity index (χ2v) is 15.3. The van der Waals surface area contributed by atoms with Crippen molar-refractivity contribution < 1.29 is 23.4 Å². The molecule has 0 radical (unpaired) electrons. The van der Waals surface area contributed by atoms with Crippen molar-refractivity contribution in [3.63, 3.8) is 0 Å². The lowest BCUT2D eigenvalue weighted by Gasteiger charge is -2.26. The molecule has 276 valence electrons. The van der Waals surface area contributed by atoms with E-state index in [9.17, 15) is 23.4 Å². The van der Waals surface area contributed by atoms with Gasteiger partial charge in [0, 0.05) is 61.8 Å². The molecule has 1 saturated heterocycles. The first-order valence-electron chi connectivity index (χ1n) is 18.3. The number of nitrogens with zero attached hydrogens (tertiary/aromatic N) is 5. The van der Waals surface area contributed by atoms with Crippen LogP contribution >= 0.6 is 0 Å². The smallest absolute Gasteiger partial charge is 0.267 e. The van der Waals surface area contributed by atoms with Crippen LogP contribution in [0.25, 0.3) is 22.4 Å². The third-order valence-corrected chi connectivity index (χ3v) is 11.6. The summed E-state index contributed by atoms with van der Waals surface area (Å²) in [5.41, 5.74) is 5.18. The van der Waals surface area contributed by atoms with Crippen molar-refractivity contribution in [1.29, 1.82) is 0 Å². The fraction of sp³-hybridized carbons (Fsp3) is 0.400. The number of carbonyl (C=O) groups is 1. The summed E-state index contributed by atoms with van der Waals surface area (Å²) >= 11 is 0. The van der Waals surface area contributed by atoms with Crippen LogP contribution in [0.2, 0.25) is 0 Å². The first kappa shape index (κ1) is 37.4. The molecule has 3 aromatic carbocycles. The Kier molecular flexibility index (Phi) is 12.6. The molecule has 12 heteroatoms. The van der Waals surface area contributed by atoms with Crippen LogP contribution in [0.3, 0.4) is 0 Å². The lowest BCUT2D eigenvalue weighted by atomic mass is 10.0. The van der Waals surface area contributed by atoms with Gasteiger partial charge in [0.05, 0.1) is 29.1 Å². The van der Waals surface area contributed by atoms with Crippen LogP contribution in [0, 0.1) is 0 Å². The fourth-order valence-electron chi connectivity index (χ4n) is 7.18. The lowest BCUT2D eigenvalue weighted by Crippen LogP contribution is -2.31. The van der Waals surface area contributed by atoms with Gasteiger partial charge in [-0.1, -0.05) is 30.7 Å². The Balaban J connectivity index is 1.29. The quantitative estimate of drug-likeness (QED) is 0.111. The summed E-state index contributed by atoms with van der Waals surface area (Å²) in [5, 5.41) is 22.6. The number of hydrogen-bond donors (Lipinski definition) is 3. The Hall–Kier alpha value is -4.33. The van der Waals surface area contributed by atoms with E-state index in [0.717, 1.165) is 66.3 Å². The van der Waals surface area contributed by atoms with Crippen LogP contribution in [-0.4, -0.2) is 88.8 Å². The van der Waals surface area contributed by atoms with Gasteiger partial charge >= 0.3 is 0 Å². The number of likely N-dealkylation sites (tertiary alicyclic amines) is 1. The zero-order valence-corrected chi connectivity index (χ0v) is 30.7. The number of hydrogen-bond acceptors (Lipinski definition) is 9. The summed E-state index contributed by atoms with van der Waals surface area (Å²) in [6.45, 7) is 6.78. The molecular formula is C40H50N6O5S. The van der Waals surface area contributed by atoms with Crippen molar-refractivity contribution in [2.45, 2.75) is 63.1 Å². The molecule has 6 rings (SSSR count). The zero-order chi connectivity index (χ0) is 36.5. The second-order valence-electron chi connectivity index (χ2n) is 13.5. The van der Waals surface area contributed by atoms with Crippen molar-refractivity contribution in [1.82, 2.24) is 23.7 Å². The number of carbonyl (C=O) groups excluding carboxylic acids is 1. The maximum atomic E-state index is 13.4. The molecule has 0 bridgehead atoms. The molecule has 0 amide bonds. The maximum Gasteiger partial charge on any atom is 0.267 e. The minimum Gasteiger partial charge on any atom is -0.395 e. The van der Waals surface area contributed by atoms with Gasteiger partial charge in [0.1, 0.15) is 11.6 Å². The number of aryl methyl sites for hydroxylation is 1. The molecule has 0 spiro atoms. The van der Waals surface area contributed by atoms with Gasteiger partial charge in [0.15, 0.2) is 0 Å². The van der Waals surface area contributed by atoms with Gasteiger partial charge in [-0.25, -0.2) is 17.4 Å². The Labute approximate surface area is 306 Å². The van der Waals surface area contributed by atoms with E-state index in [2.05, 4.69) is 20.9 Å². The number of aliphatic hydroxyl groups excluding tert-OH is 2. The van der Waals surface area contributed by atoms with Crippen molar-refractivity contribution in [3.05, 3.63) is 102 Å². The predicted molar refractivity (Wildman–Crippen MR) is 205 cm³/mol. The van der Waals surface area contributed by atoms with E-state index in [0.29, 0.717) is 18.8 Å². The highest BCUT2D eigenvalue weighted by Gasteiger charge is 2.22. The van der Waals surface area contributed by atoms with E-state index in [1.807, 2.05) is 41.3 Å². The molecule has 3 N–H and O–H groups in total. The van der Waals surface area contributed by atoms with Crippen molar-refractivity contribution >= 4 is 32.5 Å². The monoisotopic (exact) mass is 726 g/mol. The molecule has 1 fully saturated rings. The van der Waals surface area contributed by atoms with Crippen molar-refractivity contribution in [3.8, 4) is 11.4 Å². The summed E-state index contributed by atoms with van der Waals surface area (Å²) in [7, 11) is -3.78. The topological polar surface area (TPSA) is 133 Å². The first-order chi connectivity index (χ1) is 25.3. The number of aromatic nitrogens is 3. The third kappa shape index (κ3) is 8.82. The minimum absolute atomic E-state index is 0.00406. The lowest BCUT2D eigenvalue weighted by molar-refractivity contribution is -0.117. The fourth-order valence-corrected chi connectivity index (χ4v) is 8.57. The Bertz CT molecular complexity index is 2010. The van der Waals surface area contributed by atoms with Crippen LogP contribution in [0.5, 0.6) is 0 Å². The molecule has 0 saturated carbocycles. The second kappa shape index (κ2) is 17.5. The Morgan fingerprint density at radius 1 is 0.904 bits per heavy atom. The van der Waals surface area contributed by atoms with E-state index >= 15 is 0 Å². The summed E-state index contributed by atoms with van der Waals surface area (Å²) in [5.74, 6) is 0.874. The van der Waals surface area contributed by atoms with Gasteiger partial charge < -0.3 is 29.9 Å².